The van der Waals surface area contributed by atoms with Crippen LogP contribution in [-0.4, -0.2) is 92.8 Å². The summed E-state index contributed by atoms with van der Waals surface area (Å²) in [5, 5.41) is 2.70. The number of hydrogen-bond acceptors (Lipinski definition) is 13. The molecule has 1 aliphatic heterocycles. The number of rotatable bonds is 11. The van der Waals surface area contributed by atoms with E-state index in [4.69, 9.17) is 33.2 Å². The average molecular weight is 568 g/mol. The zero-order valence-corrected chi connectivity index (χ0v) is 23.0. The molecule has 0 bridgehead atoms. The summed E-state index contributed by atoms with van der Waals surface area (Å²) in [6.07, 6.45) is -6.46. The number of methoxy groups -OCH3 is 2. The summed E-state index contributed by atoms with van der Waals surface area (Å²) in [6.45, 7) is 3.74. The van der Waals surface area contributed by atoms with Crippen molar-refractivity contribution in [3.05, 3.63) is 35.9 Å². The summed E-state index contributed by atoms with van der Waals surface area (Å²) in [6, 6.07) is 6.67. The highest BCUT2D eigenvalue weighted by molar-refractivity contribution is 5.94. The molecule has 0 aromatic heterocycles. The van der Waals surface area contributed by atoms with Crippen molar-refractivity contribution in [3.8, 4) is 0 Å². The van der Waals surface area contributed by atoms with Crippen molar-refractivity contribution < 1.29 is 61.9 Å². The Morgan fingerprint density at radius 1 is 0.925 bits per heavy atom. The predicted molar refractivity (Wildman–Crippen MR) is 132 cm³/mol. The van der Waals surface area contributed by atoms with Crippen LogP contribution in [0.5, 0.6) is 0 Å². The van der Waals surface area contributed by atoms with Crippen molar-refractivity contribution in [2.75, 3.05) is 20.8 Å². The van der Waals surface area contributed by atoms with Crippen LogP contribution >= 0.6 is 0 Å². The van der Waals surface area contributed by atoms with E-state index in [1.807, 2.05) is 0 Å². The molecule has 40 heavy (non-hydrogen) atoms. The van der Waals surface area contributed by atoms with Crippen LogP contribution in [-0.2, 0) is 57.1 Å². The first kappa shape index (κ1) is 32.2. The Balaban J connectivity index is 2.72. The van der Waals surface area contributed by atoms with Gasteiger partial charge in [-0.1, -0.05) is 18.2 Å². The molecule has 1 saturated heterocycles. The molecular weight excluding hydrogens is 534 g/mol. The number of nitrogens with one attached hydrogen (secondary N) is 1. The first-order valence-electron chi connectivity index (χ1n) is 12.2. The van der Waals surface area contributed by atoms with Crippen LogP contribution in [0.3, 0.4) is 0 Å². The molecule has 1 aromatic carbocycles. The van der Waals surface area contributed by atoms with E-state index in [1.165, 1.54) is 12.1 Å². The fourth-order valence-electron chi connectivity index (χ4n) is 4.20. The Hall–Kier alpha value is -4.04. The van der Waals surface area contributed by atoms with E-state index >= 15 is 0 Å². The second-order valence-corrected chi connectivity index (χ2v) is 8.77. The van der Waals surface area contributed by atoms with Gasteiger partial charge < -0.3 is 38.5 Å². The number of benzene rings is 1. The van der Waals surface area contributed by atoms with Gasteiger partial charge in [0, 0.05) is 40.4 Å². The van der Waals surface area contributed by atoms with Gasteiger partial charge >= 0.3 is 29.8 Å². The Labute approximate surface area is 230 Å². The fraction of sp³-hybridized carbons (Fsp3) is 0.538. The van der Waals surface area contributed by atoms with Gasteiger partial charge in [-0.3, -0.25) is 24.0 Å². The van der Waals surface area contributed by atoms with Gasteiger partial charge in [0.1, 0.15) is 18.8 Å². The molecule has 1 amide bonds. The average Bonchev–Trinajstić information content (AvgIpc) is 2.89. The smallest absolute Gasteiger partial charge is 0.366 e. The molecule has 6 atom stereocenters. The third-order valence-electron chi connectivity index (χ3n) is 5.79. The lowest BCUT2D eigenvalue weighted by molar-refractivity contribution is -0.307. The molecule has 0 spiro atoms. The van der Waals surface area contributed by atoms with Gasteiger partial charge in [0.15, 0.2) is 12.2 Å². The van der Waals surface area contributed by atoms with Crippen LogP contribution < -0.4 is 5.32 Å². The largest absolute Gasteiger partial charge is 0.465 e. The second kappa shape index (κ2) is 14.4. The zero-order chi connectivity index (χ0) is 30.0. The molecule has 1 heterocycles. The van der Waals surface area contributed by atoms with E-state index < -0.39 is 85.0 Å². The van der Waals surface area contributed by atoms with Crippen LogP contribution in [0.1, 0.15) is 44.5 Å². The molecule has 1 N–H and O–H groups in total. The number of carbonyl (C=O) groups excluding carboxylic acids is 6. The van der Waals surface area contributed by atoms with E-state index in [0.29, 0.717) is 0 Å². The van der Waals surface area contributed by atoms with Crippen LogP contribution in [0.15, 0.2) is 30.3 Å². The normalized spacial score (nSPS) is 23.5. The lowest BCUT2D eigenvalue weighted by atomic mass is 9.87. The third-order valence-corrected chi connectivity index (χ3v) is 5.79. The van der Waals surface area contributed by atoms with Crippen LogP contribution in [0, 0.1) is 0 Å². The van der Waals surface area contributed by atoms with Gasteiger partial charge in [0.05, 0.1) is 19.6 Å². The van der Waals surface area contributed by atoms with E-state index in [9.17, 15) is 28.8 Å². The molecule has 1 aliphatic rings. The minimum atomic E-state index is -2.21. The molecule has 0 aliphatic carbocycles. The maximum Gasteiger partial charge on any atom is 0.366 e. The van der Waals surface area contributed by atoms with Crippen LogP contribution in [0.25, 0.3) is 0 Å². The van der Waals surface area contributed by atoms with Crippen molar-refractivity contribution in [2.45, 2.75) is 70.4 Å². The first-order chi connectivity index (χ1) is 18.8. The minimum absolute atomic E-state index is 0.222. The minimum Gasteiger partial charge on any atom is -0.465 e. The van der Waals surface area contributed by atoms with Crippen molar-refractivity contribution in [3.63, 3.8) is 0 Å². The number of carbonyl (C=O) groups is 6. The second-order valence-electron chi connectivity index (χ2n) is 8.77. The number of hydrogen-bond donors (Lipinski definition) is 1. The van der Waals surface area contributed by atoms with Crippen molar-refractivity contribution in [1.29, 1.82) is 0 Å². The van der Waals surface area contributed by atoms with Gasteiger partial charge in [-0.05, 0) is 12.1 Å². The third kappa shape index (κ3) is 8.48. The standard InChI is InChI=1S/C26H33NO13/c1-14(28)36-13-20(38-16(3)30)22(39-17(4)31)23-21(27-24(32)18-10-8-7-9-11-18)19(37-15(2)29)12-26(35-6,40-23)25(33)34-5/h7-11,19-23H,12-13H2,1-6H3,(H,27,32)/t19-,20+,21+,22+,23+,26+/m0/s1. The molecule has 220 valence electrons. The monoisotopic (exact) mass is 567 g/mol. The number of ether oxygens (including phenoxy) is 7. The summed E-state index contributed by atoms with van der Waals surface area (Å²) in [7, 11) is 2.20. The van der Waals surface area contributed by atoms with Gasteiger partial charge in [-0.25, -0.2) is 4.79 Å². The van der Waals surface area contributed by atoms with Gasteiger partial charge in [0.2, 0.25) is 0 Å². The van der Waals surface area contributed by atoms with E-state index in [0.717, 1.165) is 41.9 Å². The van der Waals surface area contributed by atoms with Crippen LogP contribution in [0.4, 0.5) is 0 Å². The fourth-order valence-corrected chi connectivity index (χ4v) is 4.20. The summed E-state index contributed by atoms with van der Waals surface area (Å²) in [5.41, 5.74) is 0.222. The lowest BCUT2D eigenvalue weighted by Gasteiger charge is -2.48. The molecule has 14 heteroatoms. The topological polar surface area (TPSA) is 179 Å². The van der Waals surface area contributed by atoms with Gasteiger partial charge in [-0.2, -0.15) is 0 Å². The lowest BCUT2D eigenvalue weighted by Crippen LogP contribution is -2.69. The SMILES string of the molecule is COC(=O)[C@@]1(OC)C[C@H](OC(C)=O)[C@@H](NC(=O)c2ccccc2)[C@H]([C@H](OC(C)=O)[C@@H](COC(C)=O)OC(C)=O)O1. The van der Waals surface area contributed by atoms with E-state index in [2.05, 4.69) is 5.32 Å². The Kier molecular flexibility index (Phi) is 11.6. The molecule has 2 rings (SSSR count). The van der Waals surface area contributed by atoms with E-state index in [-0.39, 0.29) is 5.56 Å². The Morgan fingerprint density at radius 2 is 1.55 bits per heavy atom. The maximum atomic E-state index is 13.2. The predicted octanol–water partition coefficient (Wildman–Crippen LogP) is 0.448. The highest BCUT2D eigenvalue weighted by Gasteiger charge is 2.59. The van der Waals surface area contributed by atoms with Crippen molar-refractivity contribution in [1.82, 2.24) is 5.32 Å². The number of amides is 1. The maximum absolute atomic E-state index is 13.2. The summed E-state index contributed by atoms with van der Waals surface area (Å²) in [4.78, 5) is 74.0. The first-order valence-corrected chi connectivity index (χ1v) is 12.2. The molecule has 0 radical (unpaired) electrons. The Morgan fingerprint density at radius 3 is 2.05 bits per heavy atom. The zero-order valence-electron chi connectivity index (χ0n) is 23.0. The Bertz CT molecular complexity index is 1090. The number of esters is 5. The van der Waals surface area contributed by atoms with E-state index in [1.54, 1.807) is 18.2 Å². The van der Waals surface area contributed by atoms with Crippen molar-refractivity contribution in [2.24, 2.45) is 0 Å². The molecule has 1 fully saturated rings. The highest BCUT2D eigenvalue weighted by Crippen LogP contribution is 2.36. The molecule has 0 saturated carbocycles. The van der Waals surface area contributed by atoms with Gasteiger partial charge in [-0.15, -0.1) is 0 Å². The highest BCUT2D eigenvalue weighted by atomic mass is 16.7. The van der Waals surface area contributed by atoms with Crippen molar-refractivity contribution >= 4 is 35.8 Å². The quantitative estimate of drug-likeness (QED) is 0.288. The molecular formula is C26H33NO13. The molecule has 1 aromatic rings. The molecule has 14 nitrogen and oxygen atoms in total. The van der Waals surface area contributed by atoms with Crippen LogP contribution in [0.2, 0.25) is 0 Å². The molecule has 0 unspecified atom stereocenters. The summed E-state index contributed by atoms with van der Waals surface area (Å²) >= 11 is 0. The summed E-state index contributed by atoms with van der Waals surface area (Å²) in [5.74, 6) is -7.11. The van der Waals surface area contributed by atoms with Gasteiger partial charge in [0.25, 0.3) is 11.7 Å². The summed E-state index contributed by atoms with van der Waals surface area (Å²) < 4.78 is 37.6.